The van der Waals surface area contributed by atoms with E-state index in [-0.39, 0.29) is 11.8 Å². The summed E-state index contributed by atoms with van der Waals surface area (Å²) in [5.41, 5.74) is 2.44. The van der Waals surface area contributed by atoms with E-state index in [1.54, 1.807) is 7.11 Å². The van der Waals surface area contributed by atoms with E-state index in [0.29, 0.717) is 13.0 Å². The van der Waals surface area contributed by atoms with Gasteiger partial charge in [-0.05, 0) is 24.0 Å². The first-order valence-corrected chi connectivity index (χ1v) is 6.26. The number of carboxylic acid groups (broad SMARTS) is 1. The van der Waals surface area contributed by atoms with E-state index >= 15 is 0 Å². The van der Waals surface area contributed by atoms with Crippen molar-refractivity contribution in [3.05, 3.63) is 35.4 Å². The van der Waals surface area contributed by atoms with Crippen LogP contribution >= 0.6 is 0 Å². The smallest absolute Gasteiger partial charge is 0.303 e. The summed E-state index contributed by atoms with van der Waals surface area (Å²) in [7, 11) is 1.71. The van der Waals surface area contributed by atoms with E-state index in [2.05, 4.69) is 38.1 Å². The predicted octanol–water partition coefficient (Wildman–Crippen LogP) is 3.02. The standard InChI is InChI=1S/C15H22O3/c1-15(2,11-18-3)13-9-7-12(8-10-13)5-4-6-14(16)17/h7-10H,4-6,11H2,1-3H3,(H,16,17). The molecule has 1 aromatic rings. The van der Waals surface area contributed by atoms with Crippen LogP contribution in [0.5, 0.6) is 0 Å². The maximum Gasteiger partial charge on any atom is 0.303 e. The Bertz CT molecular complexity index is 379. The highest BCUT2D eigenvalue weighted by molar-refractivity contribution is 5.66. The van der Waals surface area contributed by atoms with Gasteiger partial charge in [-0.15, -0.1) is 0 Å². The molecule has 1 rings (SSSR count). The highest BCUT2D eigenvalue weighted by atomic mass is 16.5. The Balaban J connectivity index is 2.59. The van der Waals surface area contributed by atoms with E-state index in [1.807, 2.05) is 0 Å². The van der Waals surface area contributed by atoms with Gasteiger partial charge >= 0.3 is 5.97 Å². The summed E-state index contributed by atoms with van der Waals surface area (Å²) >= 11 is 0. The second-order valence-electron chi connectivity index (χ2n) is 5.26. The Morgan fingerprint density at radius 1 is 1.28 bits per heavy atom. The molecule has 3 heteroatoms. The number of ether oxygens (including phenoxy) is 1. The fourth-order valence-corrected chi connectivity index (χ4v) is 2.01. The minimum absolute atomic E-state index is 0.00828. The summed E-state index contributed by atoms with van der Waals surface area (Å²) in [6, 6.07) is 8.37. The largest absolute Gasteiger partial charge is 0.481 e. The minimum atomic E-state index is -0.729. The summed E-state index contributed by atoms with van der Waals surface area (Å²) in [5, 5.41) is 8.59. The first-order valence-electron chi connectivity index (χ1n) is 6.26. The highest BCUT2D eigenvalue weighted by Gasteiger charge is 2.19. The van der Waals surface area contributed by atoms with Crippen LogP contribution in [0.25, 0.3) is 0 Å². The molecule has 1 N–H and O–H groups in total. The first-order chi connectivity index (χ1) is 8.45. The normalized spacial score (nSPS) is 11.5. The molecule has 0 atom stereocenters. The lowest BCUT2D eigenvalue weighted by atomic mass is 9.85. The number of aryl methyl sites for hydroxylation is 1. The second-order valence-corrected chi connectivity index (χ2v) is 5.26. The van der Waals surface area contributed by atoms with Gasteiger partial charge < -0.3 is 9.84 Å². The number of hydrogen-bond acceptors (Lipinski definition) is 2. The molecular formula is C15H22O3. The number of benzene rings is 1. The third-order valence-corrected chi connectivity index (χ3v) is 3.10. The Hall–Kier alpha value is -1.35. The molecule has 0 saturated carbocycles. The van der Waals surface area contributed by atoms with Gasteiger partial charge in [0.1, 0.15) is 0 Å². The van der Waals surface area contributed by atoms with Crippen molar-refractivity contribution in [2.75, 3.05) is 13.7 Å². The van der Waals surface area contributed by atoms with Gasteiger partial charge in [-0.25, -0.2) is 0 Å². The number of hydrogen-bond donors (Lipinski definition) is 1. The van der Waals surface area contributed by atoms with Gasteiger partial charge in [-0.1, -0.05) is 38.1 Å². The van der Waals surface area contributed by atoms with Crippen molar-refractivity contribution in [2.45, 2.75) is 38.5 Å². The molecule has 0 spiro atoms. The summed E-state index contributed by atoms with van der Waals surface area (Å²) in [6.45, 7) is 4.98. The van der Waals surface area contributed by atoms with Gasteiger partial charge in [0.15, 0.2) is 0 Å². The van der Waals surface area contributed by atoms with Crippen molar-refractivity contribution in [3.8, 4) is 0 Å². The van der Waals surface area contributed by atoms with Crippen LogP contribution in [0.3, 0.4) is 0 Å². The topological polar surface area (TPSA) is 46.5 Å². The third kappa shape index (κ3) is 4.49. The van der Waals surface area contributed by atoms with E-state index in [4.69, 9.17) is 9.84 Å². The number of aliphatic carboxylic acids is 1. The molecule has 3 nitrogen and oxygen atoms in total. The summed E-state index contributed by atoms with van der Waals surface area (Å²) < 4.78 is 5.22. The molecule has 0 radical (unpaired) electrons. The maximum absolute atomic E-state index is 10.4. The van der Waals surface area contributed by atoms with Gasteiger partial charge in [0.2, 0.25) is 0 Å². The predicted molar refractivity (Wildman–Crippen MR) is 71.9 cm³/mol. The zero-order valence-corrected chi connectivity index (χ0v) is 11.4. The van der Waals surface area contributed by atoms with Crippen molar-refractivity contribution in [3.63, 3.8) is 0 Å². The van der Waals surface area contributed by atoms with Crippen LogP contribution < -0.4 is 0 Å². The highest BCUT2D eigenvalue weighted by Crippen LogP contribution is 2.23. The van der Waals surface area contributed by atoms with Crippen LogP contribution in [-0.2, 0) is 21.4 Å². The molecular weight excluding hydrogens is 228 g/mol. The Morgan fingerprint density at radius 2 is 1.89 bits per heavy atom. The molecule has 0 heterocycles. The van der Waals surface area contributed by atoms with Crippen LogP contribution in [0.4, 0.5) is 0 Å². The Morgan fingerprint density at radius 3 is 2.39 bits per heavy atom. The lowest BCUT2D eigenvalue weighted by molar-refractivity contribution is -0.137. The summed E-state index contributed by atoms with van der Waals surface area (Å²) in [6.07, 6.45) is 1.74. The number of carbonyl (C=O) groups is 1. The summed E-state index contributed by atoms with van der Waals surface area (Å²) in [4.78, 5) is 10.4. The van der Waals surface area contributed by atoms with Crippen LogP contribution in [0, 0.1) is 0 Å². The van der Waals surface area contributed by atoms with E-state index < -0.39 is 5.97 Å². The van der Waals surface area contributed by atoms with E-state index in [0.717, 1.165) is 6.42 Å². The molecule has 0 aromatic heterocycles. The molecule has 100 valence electrons. The van der Waals surface area contributed by atoms with E-state index in [1.165, 1.54) is 11.1 Å². The lowest BCUT2D eigenvalue weighted by Crippen LogP contribution is -2.23. The zero-order chi connectivity index (χ0) is 13.6. The SMILES string of the molecule is COCC(C)(C)c1ccc(CCCC(=O)O)cc1. The van der Waals surface area contributed by atoms with Crippen LogP contribution in [0.15, 0.2) is 24.3 Å². The van der Waals surface area contributed by atoms with E-state index in [9.17, 15) is 4.79 Å². The Labute approximate surface area is 109 Å². The number of carboxylic acids is 1. The number of methoxy groups -OCH3 is 1. The van der Waals surface area contributed by atoms with Crippen LogP contribution in [-0.4, -0.2) is 24.8 Å². The molecule has 0 amide bonds. The number of rotatable bonds is 7. The quantitative estimate of drug-likeness (QED) is 0.809. The molecule has 0 fully saturated rings. The van der Waals surface area contributed by atoms with Crippen LogP contribution in [0.2, 0.25) is 0 Å². The molecule has 18 heavy (non-hydrogen) atoms. The maximum atomic E-state index is 10.4. The van der Waals surface area contributed by atoms with Gasteiger partial charge in [0, 0.05) is 18.9 Å². The van der Waals surface area contributed by atoms with Crippen molar-refractivity contribution < 1.29 is 14.6 Å². The van der Waals surface area contributed by atoms with Crippen LogP contribution in [0.1, 0.15) is 37.8 Å². The fourth-order valence-electron chi connectivity index (χ4n) is 2.01. The lowest BCUT2D eigenvalue weighted by Gasteiger charge is -2.24. The molecule has 0 bridgehead atoms. The second kappa shape index (κ2) is 6.55. The molecule has 0 aliphatic carbocycles. The molecule has 0 aliphatic rings. The molecule has 1 aromatic carbocycles. The van der Waals surface area contributed by atoms with Crippen molar-refractivity contribution in [1.82, 2.24) is 0 Å². The van der Waals surface area contributed by atoms with Gasteiger partial charge in [0.25, 0.3) is 0 Å². The fraction of sp³-hybridized carbons (Fsp3) is 0.533. The third-order valence-electron chi connectivity index (χ3n) is 3.10. The van der Waals surface area contributed by atoms with Gasteiger partial charge in [-0.3, -0.25) is 4.79 Å². The molecule has 0 unspecified atom stereocenters. The summed E-state index contributed by atoms with van der Waals surface area (Å²) in [5.74, 6) is -0.729. The average molecular weight is 250 g/mol. The van der Waals surface area contributed by atoms with Crippen molar-refractivity contribution in [1.29, 1.82) is 0 Å². The first kappa shape index (κ1) is 14.7. The van der Waals surface area contributed by atoms with Gasteiger partial charge in [0.05, 0.1) is 6.61 Å². The minimum Gasteiger partial charge on any atom is -0.481 e. The van der Waals surface area contributed by atoms with Gasteiger partial charge in [-0.2, -0.15) is 0 Å². The van der Waals surface area contributed by atoms with Crippen molar-refractivity contribution in [2.24, 2.45) is 0 Å². The Kier molecular flexibility index (Phi) is 5.35. The average Bonchev–Trinajstić information content (AvgIpc) is 2.29. The zero-order valence-electron chi connectivity index (χ0n) is 11.4. The molecule has 0 saturated heterocycles. The molecule has 0 aliphatic heterocycles. The van der Waals surface area contributed by atoms with Crippen molar-refractivity contribution >= 4 is 5.97 Å². The monoisotopic (exact) mass is 250 g/mol.